The third-order valence-corrected chi connectivity index (χ3v) is 2.42. The fraction of sp³-hybridized carbons (Fsp3) is 0.500. The molecule has 1 aromatic carbocycles. The molecule has 1 unspecified atom stereocenters. The van der Waals surface area contributed by atoms with Crippen LogP contribution in [0.4, 0.5) is 17.6 Å². The van der Waals surface area contributed by atoms with E-state index in [1.165, 1.54) is 0 Å². The summed E-state index contributed by atoms with van der Waals surface area (Å²) in [5, 5.41) is 11.6. The molecule has 6 heteroatoms. The van der Waals surface area contributed by atoms with Crippen LogP contribution in [0.5, 0.6) is 0 Å². The van der Waals surface area contributed by atoms with E-state index in [0.717, 1.165) is 12.1 Å². The quantitative estimate of drug-likeness (QED) is 0.802. The van der Waals surface area contributed by atoms with Crippen molar-refractivity contribution in [3.63, 3.8) is 0 Å². The predicted molar refractivity (Wildman–Crippen MR) is 59.4 cm³/mol. The van der Waals surface area contributed by atoms with E-state index in [0.29, 0.717) is 12.6 Å². The van der Waals surface area contributed by atoms with Crippen molar-refractivity contribution in [1.82, 2.24) is 5.32 Å². The van der Waals surface area contributed by atoms with Crippen molar-refractivity contribution in [1.29, 1.82) is 0 Å². The van der Waals surface area contributed by atoms with Crippen LogP contribution in [-0.2, 0) is 12.7 Å². The lowest BCUT2D eigenvalue weighted by atomic mass is 10.1. The van der Waals surface area contributed by atoms with Crippen LogP contribution in [-0.4, -0.2) is 18.3 Å². The zero-order valence-electron chi connectivity index (χ0n) is 9.89. The predicted octanol–water partition coefficient (Wildman–Crippen LogP) is 2.56. The molecule has 0 aliphatic rings. The maximum absolute atomic E-state index is 13.0. The second-order valence-corrected chi connectivity index (χ2v) is 4.26. The molecule has 1 atom stereocenters. The molecule has 102 valence electrons. The number of nitrogens with one attached hydrogen (secondary N) is 1. The molecule has 0 fully saturated rings. The lowest BCUT2D eigenvalue weighted by Gasteiger charge is -2.12. The Kier molecular flexibility index (Phi) is 5.10. The van der Waals surface area contributed by atoms with Crippen LogP contribution in [0.15, 0.2) is 18.2 Å². The van der Waals surface area contributed by atoms with Gasteiger partial charge in [-0.2, -0.15) is 13.2 Å². The van der Waals surface area contributed by atoms with Gasteiger partial charge in [0.15, 0.2) is 0 Å². The number of halogens is 4. The van der Waals surface area contributed by atoms with Crippen molar-refractivity contribution in [3.8, 4) is 0 Å². The van der Waals surface area contributed by atoms with Crippen molar-refractivity contribution in [2.45, 2.75) is 19.6 Å². The monoisotopic (exact) mass is 265 g/mol. The first-order valence-corrected chi connectivity index (χ1v) is 5.51. The molecule has 0 aliphatic heterocycles. The summed E-state index contributed by atoms with van der Waals surface area (Å²) in [5.74, 6) is -0.905. The summed E-state index contributed by atoms with van der Waals surface area (Å²) in [6, 6.07) is 2.45. The average molecular weight is 265 g/mol. The molecule has 0 saturated carbocycles. The molecule has 1 aromatic rings. The van der Waals surface area contributed by atoms with Crippen LogP contribution in [0.3, 0.4) is 0 Å². The van der Waals surface area contributed by atoms with Crippen molar-refractivity contribution in [2.24, 2.45) is 5.92 Å². The highest BCUT2D eigenvalue weighted by Crippen LogP contribution is 2.30. The van der Waals surface area contributed by atoms with Crippen molar-refractivity contribution >= 4 is 0 Å². The number of rotatable bonds is 5. The summed E-state index contributed by atoms with van der Waals surface area (Å²) in [6.45, 7) is 2.36. The van der Waals surface area contributed by atoms with Crippen molar-refractivity contribution < 1.29 is 22.7 Å². The maximum Gasteiger partial charge on any atom is 0.416 e. The Bertz CT molecular complexity index is 392. The Morgan fingerprint density at radius 1 is 1.28 bits per heavy atom. The topological polar surface area (TPSA) is 32.3 Å². The van der Waals surface area contributed by atoms with E-state index in [1.807, 2.05) is 0 Å². The van der Waals surface area contributed by atoms with Crippen LogP contribution < -0.4 is 5.32 Å². The van der Waals surface area contributed by atoms with Gasteiger partial charge in [-0.15, -0.1) is 0 Å². The molecule has 0 aliphatic carbocycles. The Hall–Kier alpha value is -1.14. The zero-order chi connectivity index (χ0) is 13.8. The highest BCUT2D eigenvalue weighted by molar-refractivity contribution is 5.26. The second-order valence-electron chi connectivity index (χ2n) is 4.26. The van der Waals surface area contributed by atoms with Gasteiger partial charge in [0.2, 0.25) is 0 Å². The van der Waals surface area contributed by atoms with Crippen LogP contribution in [0.25, 0.3) is 0 Å². The first kappa shape index (κ1) is 14.9. The van der Waals surface area contributed by atoms with Gasteiger partial charge in [0, 0.05) is 19.7 Å². The molecule has 0 saturated heterocycles. The molecule has 2 N–H and O–H groups in total. The standard InChI is InChI=1S/C12H15F4NO/c1-8(7-18)5-17-6-9-2-10(12(14,15)16)4-11(13)3-9/h2-4,8,17-18H,5-7H2,1H3. The number of alkyl halides is 3. The molecular weight excluding hydrogens is 250 g/mol. The van der Waals surface area contributed by atoms with Gasteiger partial charge >= 0.3 is 6.18 Å². The Labute approximate surface area is 103 Å². The Morgan fingerprint density at radius 2 is 1.94 bits per heavy atom. The van der Waals surface area contributed by atoms with Crippen LogP contribution in [0.2, 0.25) is 0 Å². The normalized spacial score (nSPS) is 13.7. The SMILES string of the molecule is CC(CO)CNCc1cc(F)cc(C(F)(F)F)c1. The van der Waals surface area contributed by atoms with Crippen LogP contribution in [0.1, 0.15) is 18.1 Å². The van der Waals surface area contributed by atoms with Crippen LogP contribution in [0, 0.1) is 11.7 Å². The molecule has 1 rings (SSSR count). The van der Waals surface area contributed by atoms with Gasteiger partial charge in [0.1, 0.15) is 5.82 Å². The van der Waals surface area contributed by atoms with Gasteiger partial charge in [0.25, 0.3) is 0 Å². The largest absolute Gasteiger partial charge is 0.416 e. The summed E-state index contributed by atoms with van der Waals surface area (Å²) >= 11 is 0. The molecule has 0 aromatic heterocycles. The molecular formula is C12H15F4NO. The highest BCUT2D eigenvalue weighted by atomic mass is 19.4. The number of aliphatic hydroxyl groups is 1. The van der Waals surface area contributed by atoms with Gasteiger partial charge in [0.05, 0.1) is 5.56 Å². The van der Waals surface area contributed by atoms with E-state index in [2.05, 4.69) is 5.32 Å². The van der Waals surface area contributed by atoms with Crippen molar-refractivity contribution in [3.05, 3.63) is 35.1 Å². The minimum absolute atomic E-state index is 0.000598. The highest BCUT2D eigenvalue weighted by Gasteiger charge is 2.31. The molecule has 0 radical (unpaired) electrons. The van der Waals surface area contributed by atoms with Gasteiger partial charge in [-0.25, -0.2) is 4.39 Å². The number of hydrogen-bond donors (Lipinski definition) is 2. The first-order valence-electron chi connectivity index (χ1n) is 5.51. The third kappa shape index (κ3) is 4.62. The van der Waals surface area contributed by atoms with E-state index >= 15 is 0 Å². The average Bonchev–Trinajstić information content (AvgIpc) is 2.27. The van der Waals surface area contributed by atoms with Crippen molar-refractivity contribution in [2.75, 3.05) is 13.2 Å². The summed E-state index contributed by atoms with van der Waals surface area (Å²) in [4.78, 5) is 0. The third-order valence-electron chi connectivity index (χ3n) is 2.42. The second kappa shape index (κ2) is 6.15. The van der Waals surface area contributed by atoms with Gasteiger partial charge in [-0.3, -0.25) is 0 Å². The Balaban J connectivity index is 2.69. The van der Waals surface area contributed by atoms with E-state index in [1.54, 1.807) is 6.92 Å². The lowest BCUT2D eigenvalue weighted by molar-refractivity contribution is -0.137. The number of benzene rings is 1. The molecule has 0 heterocycles. The molecule has 0 spiro atoms. The van der Waals surface area contributed by atoms with Gasteiger partial charge in [-0.05, 0) is 29.7 Å². The fourth-order valence-electron chi connectivity index (χ4n) is 1.44. The van der Waals surface area contributed by atoms with E-state index in [-0.39, 0.29) is 24.6 Å². The van der Waals surface area contributed by atoms with Gasteiger partial charge < -0.3 is 10.4 Å². The van der Waals surface area contributed by atoms with E-state index in [9.17, 15) is 17.6 Å². The zero-order valence-corrected chi connectivity index (χ0v) is 9.89. The maximum atomic E-state index is 13.0. The molecule has 0 amide bonds. The van der Waals surface area contributed by atoms with Crippen LogP contribution >= 0.6 is 0 Å². The summed E-state index contributed by atoms with van der Waals surface area (Å²) < 4.78 is 50.3. The molecule has 2 nitrogen and oxygen atoms in total. The minimum atomic E-state index is -4.55. The molecule has 0 bridgehead atoms. The number of hydrogen-bond acceptors (Lipinski definition) is 2. The summed E-state index contributed by atoms with van der Waals surface area (Å²) in [7, 11) is 0. The smallest absolute Gasteiger partial charge is 0.396 e. The summed E-state index contributed by atoms with van der Waals surface area (Å²) in [6.07, 6.45) is -4.55. The lowest BCUT2D eigenvalue weighted by Crippen LogP contribution is -2.23. The fourth-order valence-corrected chi connectivity index (χ4v) is 1.44. The Morgan fingerprint density at radius 3 is 2.50 bits per heavy atom. The van der Waals surface area contributed by atoms with E-state index < -0.39 is 17.6 Å². The molecule has 18 heavy (non-hydrogen) atoms. The summed E-state index contributed by atoms with van der Waals surface area (Å²) in [5.41, 5.74) is -0.762. The van der Waals surface area contributed by atoms with E-state index in [4.69, 9.17) is 5.11 Å². The van der Waals surface area contributed by atoms with Gasteiger partial charge in [-0.1, -0.05) is 6.92 Å². The minimum Gasteiger partial charge on any atom is -0.396 e. The number of aliphatic hydroxyl groups excluding tert-OH is 1. The first-order chi connectivity index (χ1) is 8.32.